The summed E-state index contributed by atoms with van der Waals surface area (Å²) in [7, 11) is 0. The molecule has 0 spiro atoms. The number of aryl methyl sites for hydroxylation is 3. The van der Waals surface area contributed by atoms with Crippen molar-refractivity contribution in [3.05, 3.63) is 46.3 Å². The van der Waals surface area contributed by atoms with E-state index in [-0.39, 0.29) is 12.5 Å². The Balaban J connectivity index is 1.61. The van der Waals surface area contributed by atoms with Crippen LogP contribution in [0.4, 0.5) is 0 Å². The van der Waals surface area contributed by atoms with Crippen LogP contribution in [0.5, 0.6) is 5.75 Å². The summed E-state index contributed by atoms with van der Waals surface area (Å²) in [6.45, 7) is 7.16. The Kier molecular flexibility index (Phi) is 3.88. The highest BCUT2D eigenvalue weighted by molar-refractivity contribution is 5.78. The number of fused-ring (bicyclic) bond motifs is 1. The summed E-state index contributed by atoms with van der Waals surface area (Å²) in [6.07, 6.45) is 0.792. The molecule has 0 bridgehead atoms. The minimum atomic E-state index is -0.0281. The Bertz CT molecular complexity index is 706. The predicted octanol–water partition coefficient (Wildman–Crippen LogP) is 2.56. The molecule has 1 aliphatic rings. The maximum Gasteiger partial charge on any atom is 0.260 e. The highest BCUT2D eigenvalue weighted by atomic mass is 16.5. The summed E-state index contributed by atoms with van der Waals surface area (Å²) in [5, 5.41) is 3.96. The van der Waals surface area contributed by atoms with E-state index in [0.717, 1.165) is 34.8 Å². The van der Waals surface area contributed by atoms with Gasteiger partial charge in [-0.2, -0.15) is 0 Å². The molecule has 5 nitrogen and oxygen atoms in total. The predicted molar refractivity (Wildman–Crippen MR) is 81.8 cm³/mol. The molecular formula is C17H20N2O3. The molecule has 1 aliphatic heterocycles. The maximum atomic E-state index is 12.3. The van der Waals surface area contributed by atoms with Crippen LogP contribution in [0.15, 0.2) is 22.7 Å². The van der Waals surface area contributed by atoms with Gasteiger partial charge in [-0.05, 0) is 38.8 Å². The van der Waals surface area contributed by atoms with Crippen molar-refractivity contribution in [2.24, 2.45) is 0 Å². The van der Waals surface area contributed by atoms with E-state index in [1.165, 1.54) is 5.56 Å². The Morgan fingerprint density at radius 2 is 2.18 bits per heavy atom. The van der Waals surface area contributed by atoms with E-state index in [1.807, 2.05) is 39.0 Å². The van der Waals surface area contributed by atoms with Crippen LogP contribution in [0.1, 0.15) is 28.1 Å². The zero-order chi connectivity index (χ0) is 15.7. The molecular weight excluding hydrogens is 280 g/mol. The van der Waals surface area contributed by atoms with Gasteiger partial charge in [0.25, 0.3) is 5.91 Å². The zero-order valence-corrected chi connectivity index (χ0v) is 13.2. The molecule has 1 aromatic carbocycles. The van der Waals surface area contributed by atoms with Crippen molar-refractivity contribution in [2.75, 3.05) is 13.2 Å². The topological polar surface area (TPSA) is 55.6 Å². The molecule has 0 saturated heterocycles. The molecule has 22 heavy (non-hydrogen) atoms. The molecule has 0 aliphatic carbocycles. The molecule has 116 valence electrons. The van der Waals surface area contributed by atoms with Gasteiger partial charge in [0, 0.05) is 12.1 Å². The number of hydrogen-bond donors (Lipinski definition) is 0. The van der Waals surface area contributed by atoms with Gasteiger partial charge >= 0.3 is 0 Å². The minimum Gasteiger partial charge on any atom is -0.484 e. The fourth-order valence-electron chi connectivity index (χ4n) is 2.78. The first-order chi connectivity index (χ1) is 10.5. The summed E-state index contributed by atoms with van der Waals surface area (Å²) >= 11 is 0. The number of hydrogen-bond acceptors (Lipinski definition) is 4. The lowest BCUT2D eigenvalue weighted by molar-refractivity contribution is -0.134. The smallest absolute Gasteiger partial charge is 0.260 e. The number of aromatic nitrogens is 1. The van der Waals surface area contributed by atoms with Crippen LogP contribution in [0.3, 0.4) is 0 Å². The summed E-state index contributed by atoms with van der Waals surface area (Å²) < 4.78 is 10.9. The van der Waals surface area contributed by atoms with Gasteiger partial charge in [-0.25, -0.2) is 0 Å². The molecule has 0 N–H and O–H groups in total. The summed E-state index contributed by atoms with van der Waals surface area (Å²) in [5.41, 5.74) is 4.29. The number of rotatable bonds is 3. The SMILES string of the molecule is Cc1ccc(OCC(=O)N2CCc3c(C)noc3C2)c(C)c1. The number of ether oxygens (including phenoxy) is 1. The minimum absolute atomic E-state index is 0.0281. The second kappa shape index (κ2) is 5.83. The van der Waals surface area contributed by atoms with Crippen LogP contribution in [0, 0.1) is 20.8 Å². The highest BCUT2D eigenvalue weighted by Crippen LogP contribution is 2.22. The molecule has 5 heteroatoms. The molecule has 1 aromatic heterocycles. The Hall–Kier alpha value is -2.30. The number of carbonyl (C=O) groups excluding carboxylic acids is 1. The largest absolute Gasteiger partial charge is 0.484 e. The molecule has 0 fully saturated rings. The summed E-state index contributed by atoms with van der Waals surface area (Å²) in [4.78, 5) is 14.1. The van der Waals surface area contributed by atoms with Crippen molar-refractivity contribution < 1.29 is 14.1 Å². The van der Waals surface area contributed by atoms with E-state index in [2.05, 4.69) is 5.16 Å². The average molecular weight is 300 g/mol. The molecule has 0 unspecified atom stereocenters. The normalized spacial score (nSPS) is 13.9. The quantitative estimate of drug-likeness (QED) is 0.874. The van der Waals surface area contributed by atoms with E-state index in [9.17, 15) is 4.79 Å². The third kappa shape index (κ3) is 2.84. The van der Waals surface area contributed by atoms with Gasteiger partial charge in [0.05, 0.1) is 12.2 Å². The van der Waals surface area contributed by atoms with Crippen molar-refractivity contribution >= 4 is 5.91 Å². The average Bonchev–Trinajstić information content (AvgIpc) is 2.87. The number of carbonyl (C=O) groups is 1. The molecule has 2 aromatic rings. The summed E-state index contributed by atoms with van der Waals surface area (Å²) in [5.74, 6) is 1.52. The van der Waals surface area contributed by atoms with E-state index < -0.39 is 0 Å². The van der Waals surface area contributed by atoms with Crippen molar-refractivity contribution in [1.29, 1.82) is 0 Å². The number of benzene rings is 1. The molecule has 0 saturated carbocycles. The first-order valence-electron chi connectivity index (χ1n) is 7.46. The van der Waals surface area contributed by atoms with E-state index in [4.69, 9.17) is 9.26 Å². The second-order valence-electron chi connectivity index (χ2n) is 5.79. The fraction of sp³-hybridized carbons (Fsp3) is 0.412. The standard InChI is InChI=1S/C17H20N2O3/c1-11-4-5-15(12(2)8-11)21-10-17(20)19-7-6-14-13(3)18-22-16(14)9-19/h4-5,8H,6-7,9-10H2,1-3H3. The zero-order valence-electron chi connectivity index (χ0n) is 13.2. The molecule has 1 amide bonds. The summed E-state index contributed by atoms with van der Waals surface area (Å²) in [6, 6.07) is 5.94. The molecule has 0 radical (unpaired) electrons. The first kappa shape index (κ1) is 14.6. The van der Waals surface area contributed by atoms with Crippen LogP contribution >= 0.6 is 0 Å². The third-order valence-corrected chi connectivity index (χ3v) is 4.07. The highest BCUT2D eigenvalue weighted by Gasteiger charge is 2.25. The monoisotopic (exact) mass is 300 g/mol. The van der Waals surface area contributed by atoms with Gasteiger partial charge in [-0.15, -0.1) is 0 Å². The third-order valence-electron chi connectivity index (χ3n) is 4.07. The van der Waals surface area contributed by atoms with E-state index >= 15 is 0 Å². The molecule has 0 atom stereocenters. The van der Waals surface area contributed by atoms with Crippen LogP contribution < -0.4 is 4.74 Å². The van der Waals surface area contributed by atoms with Crippen molar-refractivity contribution in [3.63, 3.8) is 0 Å². The Labute approximate surface area is 129 Å². The number of nitrogens with zero attached hydrogens (tertiary/aromatic N) is 2. The lowest BCUT2D eigenvalue weighted by Gasteiger charge is -2.25. The fourth-order valence-corrected chi connectivity index (χ4v) is 2.78. The Morgan fingerprint density at radius 1 is 1.36 bits per heavy atom. The second-order valence-corrected chi connectivity index (χ2v) is 5.79. The molecule has 2 heterocycles. The van der Waals surface area contributed by atoms with Crippen LogP contribution in [-0.4, -0.2) is 29.1 Å². The van der Waals surface area contributed by atoms with Gasteiger partial charge in [-0.1, -0.05) is 22.9 Å². The maximum absolute atomic E-state index is 12.3. The lowest BCUT2D eigenvalue weighted by atomic mass is 10.1. The van der Waals surface area contributed by atoms with Crippen molar-refractivity contribution in [1.82, 2.24) is 10.1 Å². The molecule has 3 rings (SSSR count). The van der Waals surface area contributed by atoms with E-state index in [0.29, 0.717) is 13.1 Å². The Morgan fingerprint density at radius 3 is 2.95 bits per heavy atom. The number of amides is 1. The van der Waals surface area contributed by atoms with Gasteiger partial charge < -0.3 is 14.2 Å². The van der Waals surface area contributed by atoms with E-state index in [1.54, 1.807) is 4.90 Å². The van der Waals surface area contributed by atoms with Gasteiger partial charge in [0.1, 0.15) is 5.75 Å². The van der Waals surface area contributed by atoms with Gasteiger partial charge in [0.15, 0.2) is 12.4 Å². The van der Waals surface area contributed by atoms with Crippen LogP contribution in [-0.2, 0) is 17.8 Å². The van der Waals surface area contributed by atoms with Crippen LogP contribution in [0.2, 0.25) is 0 Å². The first-order valence-corrected chi connectivity index (χ1v) is 7.46. The van der Waals surface area contributed by atoms with Gasteiger partial charge in [0.2, 0.25) is 0 Å². The van der Waals surface area contributed by atoms with Gasteiger partial charge in [-0.3, -0.25) is 4.79 Å². The van der Waals surface area contributed by atoms with Crippen LogP contribution in [0.25, 0.3) is 0 Å². The van der Waals surface area contributed by atoms with Crippen molar-refractivity contribution in [2.45, 2.75) is 33.7 Å². The lowest BCUT2D eigenvalue weighted by Crippen LogP contribution is -2.38. The van der Waals surface area contributed by atoms with Crippen molar-refractivity contribution in [3.8, 4) is 5.75 Å².